The zero-order valence-corrected chi connectivity index (χ0v) is 7.07. The van der Waals surface area contributed by atoms with E-state index in [1.807, 2.05) is 0 Å². The Labute approximate surface area is 70.7 Å². The van der Waals surface area contributed by atoms with E-state index in [9.17, 15) is 10.2 Å². The van der Waals surface area contributed by atoms with Crippen molar-refractivity contribution in [2.24, 2.45) is 0 Å². The van der Waals surface area contributed by atoms with Crippen LogP contribution < -0.4 is 0 Å². The molecule has 0 aliphatic heterocycles. The highest BCUT2D eigenvalue weighted by Gasteiger charge is 2.28. The Morgan fingerprint density at radius 2 is 2.17 bits per heavy atom. The molecule has 4 nitrogen and oxygen atoms in total. The van der Waals surface area contributed by atoms with Crippen LogP contribution in [-0.4, -0.2) is 30.2 Å². The van der Waals surface area contributed by atoms with E-state index in [1.165, 1.54) is 26.4 Å². The molecule has 0 amide bonds. The first-order chi connectivity index (χ1) is 5.61. The van der Waals surface area contributed by atoms with Crippen molar-refractivity contribution in [3.05, 3.63) is 23.7 Å². The fraction of sp³-hybridized carbons (Fsp3) is 0.500. The molecule has 0 spiro atoms. The molecule has 1 unspecified atom stereocenters. The first-order valence-corrected chi connectivity index (χ1v) is 3.55. The van der Waals surface area contributed by atoms with Crippen molar-refractivity contribution < 1.29 is 19.7 Å². The van der Waals surface area contributed by atoms with Gasteiger partial charge in [0.1, 0.15) is 0 Å². The van der Waals surface area contributed by atoms with Crippen molar-refractivity contribution >= 4 is 0 Å². The normalized spacial score (nSPS) is 29.2. The number of aliphatic hydroxyl groups excluding tert-OH is 1. The second-order valence-electron chi connectivity index (χ2n) is 2.56. The second-order valence-corrected chi connectivity index (χ2v) is 2.56. The van der Waals surface area contributed by atoms with Gasteiger partial charge in [-0.05, 0) is 6.08 Å². The highest BCUT2D eigenvalue weighted by Crippen LogP contribution is 2.25. The molecule has 0 fully saturated rings. The lowest BCUT2D eigenvalue weighted by atomic mass is 10.1. The van der Waals surface area contributed by atoms with Crippen LogP contribution in [0.25, 0.3) is 0 Å². The summed E-state index contributed by atoms with van der Waals surface area (Å²) in [6, 6.07) is 0. The van der Waals surface area contributed by atoms with E-state index in [0.29, 0.717) is 0 Å². The predicted octanol–water partition coefficient (Wildman–Crippen LogP) is 0.697. The maximum absolute atomic E-state index is 9.56. The summed E-state index contributed by atoms with van der Waals surface area (Å²) in [5.41, 5.74) is 0. The highest BCUT2D eigenvalue weighted by atomic mass is 16.6. The fourth-order valence-electron chi connectivity index (χ4n) is 0.987. The number of aliphatic hydroxyl groups is 2. The summed E-state index contributed by atoms with van der Waals surface area (Å²) in [6.07, 6.45) is 3.01. The van der Waals surface area contributed by atoms with E-state index in [-0.39, 0.29) is 17.9 Å². The third kappa shape index (κ3) is 1.60. The van der Waals surface area contributed by atoms with Gasteiger partial charge in [-0.1, -0.05) is 0 Å². The largest absolute Gasteiger partial charge is 0.504 e. The average Bonchev–Trinajstić information content (AvgIpc) is 2.10. The Balaban J connectivity index is 2.87. The molecule has 1 rings (SSSR count). The van der Waals surface area contributed by atoms with Gasteiger partial charge in [0.25, 0.3) is 0 Å². The van der Waals surface area contributed by atoms with E-state index in [2.05, 4.69) is 0 Å². The Morgan fingerprint density at radius 1 is 1.50 bits per heavy atom. The summed E-state index contributed by atoms with van der Waals surface area (Å²) in [7, 11) is 2.80. The van der Waals surface area contributed by atoms with Crippen molar-refractivity contribution in [3.63, 3.8) is 0 Å². The summed E-state index contributed by atoms with van der Waals surface area (Å²) >= 11 is 0. The molecule has 0 saturated carbocycles. The standard InChI is InChI=1S/C8H12O4/c1-11-7-5-8(10,12-2)4-3-6(7)9/h3,5,9-10H,4H2,1-2H3. The van der Waals surface area contributed by atoms with Crippen LogP contribution in [0.3, 0.4) is 0 Å². The van der Waals surface area contributed by atoms with Gasteiger partial charge in [-0.2, -0.15) is 0 Å². The quantitative estimate of drug-likeness (QED) is 0.602. The fourth-order valence-corrected chi connectivity index (χ4v) is 0.987. The molecule has 0 aromatic carbocycles. The molecule has 0 aromatic heterocycles. The minimum Gasteiger partial charge on any atom is -0.504 e. The van der Waals surface area contributed by atoms with Gasteiger partial charge >= 0.3 is 0 Å². The molecule has 0 radical (unpaired) electrons. The van der Waals surface area contributed by atoms with Gasteiger partial charge in [0.2, 0.25) is 0 Å². The van der Waals surface area contributed by atoms with Crippen molar-refractivity contribution in [3.8, 4) is 0 Å². The van der Waals surface area contributed by atoms with Gasteiger partial charge in [0, 0.05) is 19.6 Å². The molecule has 0 aromatic rings. The van der Waals surface area contributed by atoms with Crippen molar-refractivity contribution in [1.29, 1.82) is 0 Å². The molecule has 1 aliphatic carbocycles. The summed E-state index contributed by atoms with van der Waals surface area (Å²) in [4.78, 5) is 0. The summed E-state index contributed by atoms with van der Waals surface area (Å²) in [6.45, 7) is 0. The van der Waals surface area contributed by atoms with Crippen LogP contribution in [-0.2, 0) is 9.47 Å². The molecule has 0 heterocycles. The van der Waals surface area contributed by atoms with Crippen LogP contribution >= 0.6 is 0 Å². The minimum absolute atomic E-state index is 0.0271. The molecule has 68 valence electrons. The Bertz CT molecular complexity index is 231. The lowest BCUT2D eigenvalue weighted by Gasteiger charge is -2.25. The average molecular weight is 172 g/mol. The van der Waals surface area contributed by atoms with Gasteiger partial charge in [-0.15, -0.1) is 0 Å². The molecule has 0 bridgehead atoms. The Hall–Kier alpha value is -1.00. The second kappa shape index (κ2) is 3.16. The van der Waals surface area contributed by atoms with Crippen LogP contribution in [0.15, 0.2) is 23.7 Å². The molecular weight excluding hydrogens is 160 g/mol. The van der Waals surface area contributed by atoms with Crippen LogP contribution in [0, 0.1) is 0 Å². The van der Waals surface area contributed by atoms with E-state index < -0.39 is 5.79 Å². The van der Waals surface area contributed by atoms with E-state index in [4.69, 9.17) is 9.47 Å². The van der Waals surface area contributed by atoms with Gasteiger partial charge in [-0.25, -0.2) is 0 Å². The van der Waals surface area contributed by atoms with E-state index in [1.54, 1.807) is 0 Å². The van der Waals surface area contributed by atoms with Crippen molar-refractivity contribution in [2.45, 2.75) is 12.2 Å². The number of hydrogen-bond acceptors (Lipinski definition) is 4. The summed E-state index contributed by atoms with van der Waals surface area (Å²) in [5, 5.41) is 18.8. The zero-order valence-electron chi connectivity index (χ0n) is 7.07. The predicted molar refractivity (Wildman–Crippen MR) is 42.4 cm³/mol. The minimum atomic E-state index is -1.35. The molecule has 12 heavy (non-hydrogen) atoms. The first-order valence-electron chi connectivity index (χ1n) is 3.55. The van der Waals surface area contributed by atoms with Gasteiger partial charge < -0.3 is 19.7 Å². The van der Waals surface area contributed by atoms with Gasteiger partial charge in [-0.3, -0.25) is 0 Å². The van der Waals surface area contributed by atoms with Gasteiger partial charge in [0.15, 0.2) is 17.3 Å². The number of methoxy groups -OCH3 is 2. The zero-order chi connectivity index (χ0) is 9.19. The van der Waals surface area contributed by atoms with Crippen LogP contribution in [0.5, 0.6) is 0 Å². The third-order valence-electron chi connectivity index (χ3n) is 1.77. The van der Waals surface area contributed by atoms with Crippen molar-refractivity contribution in [1.82, 2.24) is 0 Å². The lowest BCUT2D eigenvalue weighted by molar-refractivity contribution is -0.146. The molecule has 1 aliphatic rings. The molecular formula is C8H12O4. The number of rotatable bonds is 2. The monoisotopic (exact) mass is 172 g/mol. The van der Waals surface area contributed by atoms with E-state index >= 15 is 0 Å². The number of hydrogen-bond donors (Lipinski definition) is 2. The third-order valence-corrected chi connectivity index (χ3v) is 1.77. The van der Waals surface area contributed by atoms with Crippen molar-refractivity contribution in [2.75, 3.05) is 14.2 Å². The Kier molecular flexibility index (Phi) is 2.40. The SMILES string of the molecule is COC1=CC(O)(OC)CC=C1O. The van der Waals surface area contributed by atoms with Crippen LogP contribution in [0.1, 0.15) is 6.42 Å². The molecule has 4 heteroatoms. The van der Waals surface area contributed by atoms with Crippen LogP contribution in [0.2, 0.25) is 0 Å². The van der Waals surface area contributed by atoms with Crippen LogP contribution in [0.4, 0.5) is 0 Å². The smallest absolute Gasteiger partial charge is 0.192 e. The summed E-state index contributed by atoms with van der Waals surface area (Å²) < 4.78 is 9.61. The Morgan fingerprint density at radius 3 is 2.67 bits per heavy atom. The van der Waals surface area contributed by atoms with Gasteiger partial charge in [0.05, 0.1) is 7.11 Å². The lowest BCUT2D eigenvalue weighted by Crippen LogP contribution is -2.30. The first kappa shape index (κ1) is 9.09. The summed E-state index contributed by atoms with van der Waals surface area (Å²) in [5.74, 6) is -1.10. The number of ether oxygens (including phenoxy) is 2. The maximum atomic E-state index is 9.56. The topological polar surface area (TPSA) is 58.9 Å². The molecule has 0 saturated heterocycles. The highest BCUT2D eigenvalue weighted by molar-refractivity contribution is 5.26. The van der Waals surface area contributed by atoms with E-state index in [0.717, 1.165) is 0 Å². The maximum Gasteiger partial charge on any atom is 0.192 e. The molecule has 1 atom stereocenters. The molecule has 2 N–H and O–H groups in total.